The molecule has 1 aromatic heterocycles. The lowest BCUT2D eigenvalue weighted by molar-refractivity contribution is 0.102. The molecule has 0 saturated carbocycles. The number of nitrogens with zero attached hydrogens (tertiary/aromatic N) is 3. The zero-order valence-electron chi connectivity index (χ0n) is 18.7. The van der Waals surface area contributed by atoms with E-state index < -0.39 is 15.9 Å². The van der Waals surface area contributed by atoms with Gasteiger partial charge in [-0.3, -0.25) is 18.2 Å². The molecule has 1 amide bonds. The maximum absolute atomic E-state index is 13.1. The summed E-state index contributed by atoms with van der Waals surface area (Å²) in [5.74, 6) is -0.453. The van der Waals surface area contributed by atoms with Crippen LogP contribution in [0.15, 0.2) is 76.4 Å². The van der Waals surface area contributed by atoms with E-state index in [1.165, 1.54) is 38.7 Å². The summed E-state index contributed by atoms with van der Waals surface area (Å²) in [5.41, 5.74) is 3.51. The third-order valence-electron chi connectivity index (χ3n) is 5.68. The highest BCUT2D eigenvalue weighted by Gasteiger charge is 2.22. The van der Waals surface area contributed by atoms with Crippen LogP contribution in [0, 0.1) is 6.92 Å². The van der Waals surface area contributed by atoms with E-state index in [1.807, 2.05) is 19.1 Å². The molecule has 8 nitrogen and oxygen atoms in total. The van der Waals surface area contributed by atoms with E-state index in [4.69, 9.17) is 0 Å². The maximum atomic E-state index is 13.1. The summed E-state index contributed by atoms with van der Waals surface area (Å²) in [4.78, 5) is 25.0. The Balaban J connectivity index is 1.61. The molecular weight excluding hydrogens is 440 g/mol. The number of amides is 1. The molecule has 4 aromatic rings. The van der Waals surface area contributed by atoms with Gasteiger partial charge in [0.2, 0.25) is 0 Å². The van der Waals surface area contributed by atoms with Crippen molar-refractivity contribution in [3.63, 3.8) is 0 Å². The van der Waals surface area contributed by atoms with Crippen LogP contribution in [-0.2, 0) is 24.1 Å². The molecule has 0 unspecified atom stereocenters. The number of sulfonamides is 1. The van der Waals surface area contributed by atoms with Crippen LogP contribution >= 0.6 is 0 Å². The first-order valence-electron chi connectivity index (χ1n) is 10.2. The molecule has 0 aliphatic carbocycles. The van der Waals surface area contributed by atoms with Crippen LogP contribution in [0.1, 0.15) is 15.9 Å². The molecule has 0 fully saturated rings. The van der Waals surface area contributed by atoms with Gasteiger partial charge in [0.05, 0.1) is 21.6 Å². The van der Waals surface area contributed by atoms with Crippen molar-refractivity contribution in [2.75, 3.05) is 16.7 Å². The zero-order valence-corrected chi connectivity index (χ0v) is 19.6. The van der Waals surface area contributed by atoms with Crippen LogP contribution in [0.4, 0.5) is 11.4 Å². The highest BCUT2D eigenvalue weighted by Crippen LogP contribution is 2.24. The largest absolute Gasteiger partial charge is 0.328 e. The van der Waals surface area contributed by atoms with Crippen LogP contribution in [0.5, 0.6) is 0 Å². The first kappa shape index (κ1) is 22.3. The summed E-state index contributed by atoms with van der Waals surface area (Å²) in [6.07, 6.45) is 0. The van der Waals surface area contributed by atoms with Gasteiger partial charge in [0, 0.05) is 32.4 Å². The molecule has 0 saturated heterocycles. The van der Waals surface area contributed by atoms with Crippen molar-refractivity contribution in [3.8, 4) is 0 Å². The first-order valence-corrected chi connectivity index (χ1v) is 11.7. The van der Waals surface area contributed by atoms with Gasteiger partial charge in [0.1, 0.15) is 0 Å². The highest BCUT2D eigenvalue weighted by molar-refractivity contribution is 7.92. The first-order chi connectivity index (χ1) is 15.6. The molecule has 33 heavy (non-hydrogen) atoms. The van der Waals surface area contributed by atoms with E-state index in [0.29, 0.717) is 16.9 Å². The fourth-order valence-electron chi connectivity index (χ4n) is 3.64. The number of nitrogens with one attached hydrogen (secondary N) is 1. The average molecular weight is 465 g/mol. The fourth-order valence-corrected chi connectivity index (χ4v) is 4.88. The zero-order chi connectivity index (χ0) is 23.9. The van der Waals surface area contributed by atoms with Crippen LogP contribution in [0.3, 0.4) is 0 Å². The monoisotopic (exact) mass is 464 g/mol. The summed E-state index contributed by atoms with van der Waals surface area (Å²) in [5, 5.41) is 2.78. The van der Waals surface area contributed by atoms with Crippen LogP contribution in [0.2, 0.25) is 0 Å². The van der Waals surface area contributed by atoms with Gasteiger partial charge in [0.15, 0.2) is 0 Å². The van der Waals surface area contributed by atoms with Crippen molar-refractivity contribution in [1.82, 2.24) is 9.13 Å². The second kappa shape index (κ2) is 8.25. The van der Waals surface area contributed by atoms with E-state index in [1.54, 1.807) is 50.5 Å². The summed E-state index contributed by atoms with van der Waals surface area (Å²) in [6.45, 7) is 1.93. The summed E-state index contributed by atoms with van der Waals surface area (Å²) >= 11 is 0. The topological polar surface area (TPSA) is 93.4 Å². The predicted octanol–water partition coefficient (Wildman–Crippen LogP) is 3.26. The standard InChI is InChI=1S/C24H24N4O4S/c1-16-8-11-19(12-9-16)28(4)33(31,32)20-7-5-6-17(14-20)23(29)25-18-10-13-21-22(15-18)27(3)24(30)26(21)2/h5-15H,1-4H3,(H,25,29). The minimum Gasteiger partial charge on any atom is -0.322 e. The molecule has 170 valence electrons. The maximum Gasteiger partial charge on any atom is 0.328 e. The summed E-state index contributed by atoms with van der Waals surface area (Å²) in [7, 11) is 0.965. The number of fused-ring (bicyclic) bond motifs is 1. The van der Waals surface area contributed by atoms with Crippen molar-refractivity contribution in [1.29, 1.82) is 0 Å². The van der Waals surface area contributed by atoms with Gasteiger partial charge in [-0.05, 0) is 55.5 Å². The number of anilines is 2. The minimum atomic E-state index is -3.86. The van der Waals surface area contributed by atoms with Crippen molar-refractivity contribution in [2.45, 2.75) is 11.8 Å². The Morgan fingerprint density at radius 1 is 0.909 bits per heavy atom. The van der Waals surface area contributed by atoms with E-state index in [-0.39, 0.29) is 16.1 Å². The highest BCUT2D eigenvalue weighted by atomic mass is 32.2. The van der Waals surface area contributed by atoms with Gasteiger partial charge < -0.3 is 5.32 Å². The minimum absolute atomic E-state index is 0.0131. The van der Waals surface area contributed by atoms with Gasteiger partial charge in [-0.2, -0.15) is 0 Å². The number of hydrogen-bond donors (Lipinski definition) is 1. The van der Waals surface area contributed by atoms with E-state index in [9.17, 15) is 18.0 Å². The van der Waals surface area contributed by atoms with Crippen LogP contribution in [-0.4, -0.2) is 30.5 Å². The Labute approximate surface area is 191 Å². The van der Waals surface area contributed by atoms with E-state index >= 15 is 0 Å². The summed E-state index contributed by atoms with van der Waals surface area (Å²) < 4.78 is 30.5. The van der Waals surface area contributed by atoms with Crippen molar-refractivity contribution in [2.24, 2.45) is 14.1 Å². The van der Waals surface area contributed by atoms with Gasteiger partial charge in [0.25, 0.3) is 15.9 Å². The van der Waals surface area contributed by atoms with Crippen molar-refractivity contribution >= 4 is 38.3 Å². The van der Waals surface area contributed by atoms with Crippen LogP contribution < -0.4 is 15.3 Å². The Kier molecular flexibility index (Phi) is 5.59. The molecule has 0 aliphatic heterocycles. The lowest BCUT2D eigenvalue weighted by atomic mass is 10.2. The molecule has 1 heterocycles. The lowest BCUT2D eigenvalue weighted by Gasteiger charge is -2.20. The number of aromatic nitrogens is 2. The van der Waals surface area contributed by atoms with Crippen LogP contribution in [0.25, 0.3) is 11.0 Å². The van der Waals surface area contributed by atoms with Gasteiger partial charge in [-0.15, -0.1) is 0 Å². The third-order valence-corrected chi connectivity index (χ3v) is 7.46. The quantitative estimate of drug-likeness (QED) is 0.491. The average Bonchev–Trinajstić information content (AvgIpc) is 3.02. The molecule has 0 spiro atoms. The molecule has 1 N–H and O–H groups in total. The fraction of sp³-hybridized carbons (Fsp3) is 0.167. The number of imidazole rings is 1. The van der Waals surface area contributed by atoms with Crippen molar-refractivity contribution in [3.05, 3.63) is 88.3 Å². The molecular formula is C24H24N4O4S. The second-order valence-corrected chi connectivity index (χ2v) is 9.86. The molecule has 0 atom stereocenters. The number of carbonyl (C=O) groups excluding carboxylic acids is 1. The Morgan fingerprint density at radius 3 is 2.27 bits per heavy atom. The molecule has 0 radical (unpaired) electrons. The van der Waals surface area contributed by atoms with E-state index in [2.05, 4.69) is 5.32 Å². The van der Waals surface area contributed by atoms with Gasteiger partial charge in [-0.25, -0.2) is 13.2 Å². The van der Waals surface area contributed by atoms with E-state index in [0.717, 1.165) is 11.1 Å². The number of carbonyl (C=O) groups is 1. The lowest BCUT2D eigenvalue weighted by Crippen LogP contribution is -2.26. The normalized spacial score (nSPS) is 11.5. The van der Waals surface area contributed by atoms with Gasteiger partial charge in [-0.1, -0.05) is 23.8 Å². The second-order valence-electron chi connectivity index (χ2n) is 7.89. The smallest absolute Gasteiger partial charge is 0.322 e. The van der Waals surface area contributed by atoms with Crippen molar-refractivity contribution < 1.29 is 13.2 Å². The molecule has 4 rings (SSSR count). The predicted molar refractivity (Wildman–Crippen MR) is 129 cm³/mol. The molecule has 0 aliphatic rings. The third kappa shape index (κ3) is 4.03. The van der Waals surface area contributed by atoms with Gasteiger partial charge >= 0.3 is 5.69 Å². The SMILES string of the molecule is Cc1ccc(N(C)S(=O)(=O)c2cccc(C(=O)Nc3ccc4c(c3)n(C)c(=O)n4C)c2)cc1. The molecule has 3 aromatic carbocycles. The Hall–Kier alpha value is -3.85. The molecule has 0 bridgehead atoms. The number of rotatable bonds is 5. The number of hydrogen-bond acceptors (Lipinski definition) is 4. The Bertz CT molecular complexity index is 1530. The Morgan fingerprint density at radius 2 is 1.58 bits per heavy atom. The summed E-state index contributed by atoms with van der Waals surface area (Å²) in [6, 6.07) is 18.2. The molecule has 9 heteroatoms. The number of aryl methyl sites for hydroxylation is 3. The number of benzene rings is 3.